The largest absolute Gasteiger partial charge is 0.481 e. The number of carboxylic acid groups (broad SMARTS) is 1. The minimum Gasteiger partial charge on any atom is -0.481 e. The van der Waals surface area contributed by atoms with Gasteiger partial charge in [-0.2, -0.15) is 0 Å². The molecule has 0 aliphatic rings. The van der Waals surface area contributed by atoms with Gasteiger partial charge in [-0.25, -0.2) is 0 Å². The molecule has 0 aliphatic heterocycles. The Morgan fingerprint density at radius 2 is 0.966 bits per heavy atom. The molecule has 2 unspecified atom stereocenters. The molecule has 29 heavy (non-hydrogen) atoms. The van der Waals surface area contributed by atoms with E-state index >= 15 is 0 Å². The van der Waals surface area contributed by atoms with Gasteiger partial charge < -0.3 is 10.0 Å². The van der Waals surface area contributed by atoms with Gasteiger partial charge in [0.1, 0.15) is 0 Å². The Balaban J connectivity index is 3.32. The summed E-state index contributed by atoms with van der Waals surface area (Å²) in [5.74, 6) is -0.871. The van der Waals surface area contributed by atoms with E-state index < -0.39 is 5.97 Å². The van der Waals surface area contributed by atoms with Gasteiger partial charge in [-0.1, -0.05) is 122 Å². The summed E-state index contributed by atoms with van der Waals surface area (Å²) in [7, 11) is 3.94. The molecule has 0 saturated carbocycles. The van der Waals surface area contributed by atoms with Gasteiger partial charge in [-0.15, -0.1) is 0 Å². The van der Waals surface area contributed by atoms with Crippen LogP contribution in [-0.4, -0.2) is 36.1 Å². The van der Waals surface area contributed by atoms with Crippen LogP contribution in [0.5, 0.6) is 0 Å². The van der Waals surface area contributed by atoms with Gasteiger partial charge >= 0.3 is 5.97 Å². The van der Waals surface area contributed by atoms with Crippen LogP contribution >= 0.6 is 0 Å². The fraction of sp³-hybridized carbons (Fsp3) is 0.962. The quantitative estimate of drug-likeness (QED) is 0.183. The average molecular weight is 412 g/mol. The van der Waals surface area contributed by atoms with Gasteiger partial charge in [0.15, 0.2) is 0 Å². The van der Waals surface area contributed by atoms with Crippen LogP contribution in [0.15, 0.2) is 0 Å². The Kier molecular flexibility index (Phi) is 20.3. The van der Waals surface area contributed by atoms with Crippen molar-refractivity contribution < 1.29 is 9.90 Å². The predicted octanol–water partition coefficient (Wildman–Crippen LogP) is 8.07. The van der Waals surface area contributed by atoms with Gasteiger partial charge in [0.05, 0.1) is 5.92 Å². The van der Waals surface area contributed by atoms with E-state index in [2.05, 4.69) is 6.92 Å². The van der Waals surface area contributed by atoms with Crippen LogP contribution in [-0.2, 0) is 4.79 Å². The van der Waals surface area contributed by atoms with Crippen molar-refractivity contribution in [1.29, 1.82) is 0 Å². The number of carboxylic acids is 1. The third-order valence-corrected chi connectivity index (χ3v) is 6.58. The van der Waals surface area contributed by atoms with E-state index in [1.807, 2.05) is 25.9 Å². The molecule has 0 rings (SSSR count). The molecule has 0 aromatic heterocycles. The first-order valence-electron chi connectivity index (χ1n) is 12.9. The zero-order valence-corrected chi connectivity index (χ0v) is 20.4. The lowest BCUT2D eigenvalue weighted by Gasteiger charge is -2.26. The first kappa shape index (κ1) is 28.4. The van der Waals surface area contributed by atoms with Gasteiger partial charge in [-0.05, 0) is 27.4 Å². The molecule has 3 nitrogen and oxygen atoms in total. The second-order valence-corrected chi connectivity index (χ2v) is 9.45. The number of nitrogens with zero attached hydrogens (tertiary/aromatic N) is 1. The van der Waals surface area contributed by atoms with Crippen molar-refractivity contribution in [2.45, 2.75) is 142 Å². The number of carbonyl (C=O) groups is 1. The molecule has 0 saturated heterocycles. The fourth-order valence-electron chi connectivity index (χ4n) is 4.20. The van der Waals surface area contributed by atoms with E-state index in [-0.39, 0.29) is 12.0 Å². The smallest absolute Gasteiger partial charge is 0.308 e. The highest BCUT2D eigenvalue weighted by Crippen LogP contribution is 2.19. The summed E-state index contributed by atoms with van der Waals surface area (Å²) in [4.78, 5) is 13.5. The van der Waals surface area contributed by atoms with E-state index in [4.69, 9.17) is 0 Å². The highest BCUT2D eigenvalue weighted by Gasteiger charge is 2.25. The van der Waals surface area contributed by atoms with Crippen molar-refractivity contribution in [3.05, 3.63) is 0 Å². The maximum Gasteiger partial charge on any atom is 0.308 e. The van der Waals surface area contributed by atoms with Gasteiger partial charge in [0.2, 0.25) is 0 Å². The number of hydrogen-bond acceptors (Lipinski definition) is 2. The third-order valence-electron chi connectivity index (χ3n) is 6.58. The first-order valence-corrected chi connectivity index (χ1v) is 12.9. The maximum atomic E-state index is 11.4. The van der Waals surface area contributed by atoms with Crippen LogP contribution < -0.4 is 0 Å². The minimum atomic E-state index is -0.641. The molecule has 0 spiro atoms. The highest BCUT2D eigenvalue weighted by molar-refractivity contribution is 5.70. The third kappa shape index (κ3) is 18.0. The predicted molar refractivity (Wildman–Crippen MR) is 128 cm³/mol. The van der Waals surface area contributed by atoms with Crippen molar-refractivity contribution >= 4 is 5.97 Å². The lowest BCUT2D eigenvalue weighted by Crippen LogP contribution is -2.37. The van der Waals surface area contributed by atoms with E-state index in [1.54, 1.807) is 0 Å². The topological polar surface area (TPSA) is 40.5 Å². The summed E-state index contributed by atoms with van der Waals surface area (Å²) in [5, 5.41) is 9.41. The zero-order valence-electron chi connectivity index (χ0n) is 20.4. The molecule has 0 amide bonds. The average Bonchev–Trinajstić information content (AvgIpc) is 2.69. The number of hydrogen-bond donors (Lipinski definition) is 1. The van der Waals surface area contributed by atoms with E-state index in [0.717, 1.165) is 12.8 Å². The van der Waals surface area contributed by atoms with Gasteiger partial charge in [0, 0.05) is 6.04 Å². The van der Waals surface area contributed by atoms with Crippen LogP contribution in [0.4, 0.5) is 0 Å². The van der Waals surface area contributed by atoms with Crippen molar-refractivity contribution in [2.24, 2.45) is 5.92 Å². The molecule has 0 radical (unpaired) electrons. The highest BCUT2D eigenvalue weighted by atomic mass is 16.4. The molecule has 0 aliphatic carbocycles. The van der Waals surface area contributed by atoms with Gasteiger partial charge in [0.25, 0.3) is 0 Å². The van der Waals surface area contributed by atoms with E-state index in [9.17, 15) is 9.90 Å². The monoisotopic (exact) mass is 411 g/mol. The number of rotatable bonds is 22. The minimum absolute atomic E-state index is 0.110. The van der Waals surface area contributed by atoms with Crippen LogP contribution in [0.2, 0.25) is 0 Å². The lowest BCUT2D eigenvalue weighted by molar-refractivity contribution is -0.144. The summed E-state index contributed by atoms with van der Waals surface area (Å²) in [6.07, 6.45) is 25.5. The zero-order chi connectivity index (χ0) is 21.7. The van der Waals surface area contributed by atoms with Crippen LogP contribution in [0.3, 0.4) is 0 Å². The molecule has 2 atom stereocenters. The molecule has 0 bridgehead atoms. The van der Waals surface area contributed by atoms with Crippen molar-refractivity contribution in [3.8, 4) is 0 Å². The maximum absolute atomic E-state index is 11.4. The second kappa shape index (κ2) is 20.7. The molecule has 1 N–H and O–H groups in total. The van der Waals surface area contributed by atoms with E-state index in [0.29, 0.717) is 0 Å². The number of aliphatic carboxylic acids is 1. The SMILES string of the molecule is CCCCCCCCCCCCCCCCCCCCC(C(=O)O)C(C)N(C)C. The summed E-state index contributed by atoms with van der Waals surface area (Å²) in [6.45, 7) is 4.31. The van der Waals surface area contributed by atoms with Crippen LogP contribution in [0.1, 0.15) is 136 Å². The van der Waals surface area contributed by atoms with Gasteiger partial charge in [-0.3, -0.25) is 4.79 Å². The fourth-order valence-corrected chi connectivity index (χ4v) is 4.20. The number of unbranched alkanes of at least 4 members (excludes halogenated alkanes) is 17. The van der Waals surface area contributed by atoms with E-state index in [1.165, 1.54) is 109 Å². The molecule has 0 fully saturated rings. The normalized spacial score (nSPS) is 13.7. The Hall–Kier alpha value is -0.570. The Morgan fingerprint density at radius 1 is 0.655 bits per heavy atom. The molecule has 0 heterocycles. The summed E-state index contributed by atoms with van der Waals surface area (Å²) < 4.78 is 0. The molecule has 0 aromatic carbocycles. The first-order chi connectivity index (χ1) is 14.0. The molecule has 174 valence electrons. The Bertz CT molecular complexity index is 357. The Labute approximate surface area is 183 Å². The lowest BCUT2D eigenvalue weighted by atomic mass is 9.93. The van der Waals surface area contributed by atoms with Crippen molar-refractivity contribution in [1.82, 2.24) is 4.90 Å². The summed E-state index contributed by atoms with van der Waals surface area (Å²) in [6, 6.07) is 0.110. The molecular weight excluding hydrogens is 358 g/mol. The standard InChI is InChI=1S/C26H53NO2/c1-5-6-7-8-9-10-11-12-13-14-15-16-17-18-19-20-21-22-23-25(26(28)29)24(2)27(3)4/h24-25H,5-23H2,1-4H3,(H,28,29). The molecular formula is C26H53NO2. The molecule has 0 aromatic rings. The summed E-state index contributed by atoms with van der Waals surface area (Å²) >= 11 is 0. The second-order valence-electron chi connectivity index (χ2n) is 9.45. The van der Waals surface area contributed by atoms with Crippen LogP contribution in [0.25, 0.3) is 0 Å². The van der Waals surface area contributed by atoms with Crippen molar-refractivity contribution in [2.75, 3.05) is 14.1 Å². The summed E-state index contributed by atoms with van der Waals surface area (Å²) in [5.41, 5.74) is 0. The molecule has 3 heteroatoms. The Morgan fingerprint density at radius 3 is 1.24 bits per heavy atom. The van der Waals surface area contributed by atoms with Crippen molar-refractivity contribution in [3.63, 3.8) is 0 Å². The van der Waals surface area contributed by atoms with Crippen LogP contribution in [0, 0.1) is 5.92 Å².